The average Bonchev–Trinajstić information content (AvgIpc) is 3.15. The Balaban J connectivity index is 1.58. The number of anilines is 2. The maximum absolute atomic E-state index is 13.0. The number of halogens is 3. The molecule has 1 aliphatic carbocycles. The third-order valence-electron chi connectivity index (χ3n) is 5.36. The van der Waals surface area contributed by atoms with Gasteiger partial charge in [-0.05, 0) is 44.0 Å². The lowest BCUT2D eigenvalue weighted by atomic mass is 9.93. The van der Waals surface area contributed by atoms with E-state index in [-0.39, 0.29) is 22.8 Å². The van der Waals surface area contributed by atoms with E-state index in [9.17, 15) is 28.1 Å². The molecule has 0 spiro atoms. The summed E-state index contributed by atoms with van der Waals surface area (Å²) in [5.74, 6) is 0.0281. The Kier molecular flexibility index (Phi) is 6.10. The molecule has 0 bridgehead atoms. The number of nitrogens with one attached hydrogen (secondary N) is 2. The minimum Gasteiger partial charge on any atom is -0.455 e. The van der Waals surface area contributed by atoms with Gasteiger partial charge >= 0.3 is 6.18 Å². The maximum atomic E-state index is 13.0. The molecule has 4 rings (SSSR count). The molecule has 34 heavy (non-hydrogen) atoms. The molecule has 0 aliphatic heterocycles. The fourth-order valence-corrected chi connectivity index (χ4v) is 3.78. The van der Waals surface area contributed by atoms with Crippen LogP contribution in [0.5, 0.6) is 0 Å². The SMILES string of the molecule is Cc1c(C(=O)Nc2cccc([N+](=O)[O-])c2)oc2c1/C(=N/Nc1cccc(C(F)(F)F)c1)CCC2. The summed E-state index contributed by atoms with van der Waals surface area (Å²) in [7, 11) is 0. The van der Waals surface area contributed by atoms with Crippen molar-refractivity contribution in [2.75, 3.05) is 10.7 Å². The Morgan fingerprint density at radius 2 is 1.85 bits per heavy atom. The first-order valence-electron chi connectivity index (χ1n) is 10.3. The van der Waals surface area contributed by atoms with Gasteiger partial charge in [-0.2, -0.15) is 18.3 Å². The van der Waals surface area contributed by atoms with E-state index < -0.39 is 22.6 Å². The number of nitro groups is 1. The number of amides is 1. The second-order valence-corrected chi connectivity index (χ2v) is 7.72. The van der Waals surface area contributed by atoms with Gasteiger partial charge in [-0.3, -0.25) is 20.3 Å². The second kappa shape index (κ2) is 9.00. The van der Waals surface area contributed by atoms with Crippen molar-refractivity contribution in [1.82, 2.24) is 0 Å². The third kappa shape index (κ3) is 4.77. The standard InChI is InChI=1S/C23H19F3N4O4/c1-13-20-18(29-28-16-7-2-5-14(11-16)23(24,25)26)9-4-10-19(20)34-21(13)22(31)27-15-6-3-8-17(12-15)30(32)33/h2-3,5-8,11-12,28H,4,9-10H2,1H3,(H,27,31)/b29-18+. The van der Waals surface area contributed by atoms with Crippen molar-refractivity contribution in [2.24, 2.45) is 5.10 Å². The van der Waals surface area contributed by atoms with Crippen LogP contribution in [0.25, 0.3) is 0 Å². The number of benzene rings is 2. The van der Waals surface area contributed by atoms with Crippen molar-refractivity contribution in [1.29, 1.82) is 0 Å². The highest BCUT2D eigenvalue weighted by Gasteiger charge is 2.31. The molecule has 11 heteroatoms. The van der Waals surface area contributed by atoms with Gasteiger partial charge in [-0.15, -0.1) is 0 Å². The molecule has 0 unspecified atom stereocenters. The van der Waals surface area contributed by atoms with E-state index >= 15 is 0 Å². The van der Waals surface area contributed by atoms with Crippen LogP contribution in [0.2, 0.25) is 0 Å². The lowest BCUT2D eigenvalue weighted by Gasteiger charge is -2.14. The molecule has 0 radical (unpaired) electrons. The van der Waals surface area contributed by atoms with Gasteiger partial charge in [-0.1, -0.05) is 12.1 Å². The number of fused-ring (bicyclic) bond motifs is 1. The van der Waals surface area contributed by atoms with E-state index in [0.29, 0.717) is 41.9 Å². The molecular formula is C23H19F3N4O4. The van der Waals surface area contributed by atoms with Crippen LogP contribution in [-0.4, -0.2) is 16.5 Å². The first-order valence-corrected chi connectivity index (χ1v) is 10.3. The first-order chi connectivity index (χ1) is 16.1. The number of nitro benzene ring substituents is 1. The molecule has 1 heterocycles. The van der Waals surface area contributed by atoms with Gasteiger partial charge in [0.25, 0.3) is 11.6 Å². The van der Waals surface area contributed by atoms with Gasteiger partial charge in [0.2, 0.25) is 0 Å². The summed E-state index contributed by atoms with van der Waals surface area (Å²) in [4.78, 5) is 23.2. The van der Waals surface area contributed by atoms with Crippen molar-refractivity contribution in [3.63, 3.8) is 0 Å². The number of carbonyl (C=O) groups excluding carboxylic acids is 1. The molecule has 2 aromatic carbocycles. The topological polar surface area (TPSA) is 110 Å². The van der Waals surface area contributed by atoms with Crippen molar-refractivity contribution >= 4 is 28.7 Å². The summed E-state index contributed by atoms with van der Waals surface area (Å²) in [6.45, 7) is 1.69. The van der Waals surface area contributed by atoms with Crippen LogP contribution in [-0.2, 0) is 12.6 Å². The zero-order chi connectivity index (χ0) is 24.5. The van der Waals surface area contributed by atoms with Gasteiger partial charge in [0.15, 0.2) is 5.76 Å². The number of furan rings is 1. The number of carbonyl (C=O) groups is 1. The molecule has 1 amide bonds. The van der Waals surface area contributed by atoms with Gasteiger partial charge in [-0.25, -0.2) is 0 Å². The molecule has 0 atom stereocenters. The Hall–Kier alpha value is -4.15. The number of rotatable bonds is 5. The van der Waals surface area contributed by atoms with E-state index in [0.717, 1.165) is 12.1 Å². The second-order valence-electron chi connectivity index (χ2n) is 7.72. The normalized spacial score (nSPS) is 14.5. The molecule has 3 aromatic rings. The minimum absolute atomic E-state index is 0.0465. The number of hydrogen-bond donors (Lipinski definition) is 2. The van der Waals surface area contributed by atoms with E-state index in [1.165, 1.54) is 36.4 Å². The summed E-state index contributed by atoms with van der Waals surface area (Å²) in [6, 6.07) is 10.2. The van der Waals surface area contributed by atoms with E-state index in [1.54, 1.807) is 6.92 Å². The van der Waals surface area contributed by atoms with E-state index in [2.05, 4.69) is 15.8 Å². The molecule has 0 saturated carbocycles. The smallest absolute Gasteiger partial charge is 0.416 e. The minimum atomic E-state index is -4.47. The monoisotopic (exact) mass is 472 g/mol. The highest BCUT2D eigenvalue weighted by Crippen LogP contribution is 2.32. The summed E-state index contributed by atoms with van der Waals surface area (Å²) < 4.78 is 44.7. The average molecular weight is 472 g/mol. The summed E-state index contributed by atoms with van der Waals surface area (Å²) in [6.07, 6.45) is -2.66. The Morgan fingerprint density at radius 3 is 2.59 bits per heavy atom. The summed E-state index contributed by atoms with van der Waals surface area (Å²) in [5, 5.41) is 17.9. The van der Waals surface area contributed by atoms with Gasteiger partial charge < -0.3 is 9.73 Å². The highest BCUT2D eigenvalue weighted by atomic mass is 19.4. The number of hydrogen-bond acceptors (Lipinski definition) is 6. The largest absolute Gasteiger partial charge is 0.455 e. The maximum Gasteiger partial charge on any atom is 0.416 e. The van der Waals surface area contributed by atoms with Crippen LogP contribution >= 0.6 is 0 Å². The number of non-ortho nitro benzene ring substituents is 1. The zero-order valence-corrected chi connectivity index (χ0v) is 17.9. The van der Waals surface area contributed by atoms with Gasteiger partial charge in [0.1, 0.15) is 5.76 Å². The molecule has 1 aromatic heterocycles. The van der Waals surface area contributed by atoms with E-state index in [1.807, 2.05) is 0 Å². The van der Waals surface area contributed by atoms with Crippen molar-refractivity contribution in [3.05, 3.63) is 86.9 Å². The van der Waals surface area contributed by atoms with Gasteiger partial charge in [0.05, 0.1) is 21.9 Å². The summed E-state index contributed by atoms with van der Waals surface area (Å²) >= 11 is 0. The Bertz CT molecular complexity index is 1300. The lowest BCUT2D eigenvalue weighted by Crippen LogP contribution is -2.14. The molecule has 8 nitrogen and oxygen atoms in total. The molecule has 0 fully saturated rings. The molecule has 1 aliphatic rings. The summed E-state index contributed by atoms with van der Waals surface area (Å²) in [5.41, 5.74) is 3.87. The quantitative estimate of drug-likeness (QED) is 0.354. The third-order valence-corrected chi connectivity index (χ3v) is 5.36. The van der Waals surface area contributed by atoms with Crippen LogP contribution in [0.15, 0.2) is 58.0 Å². The number of alkyl halides is 3. The fourth-order valence-electron chi connectivity index (χ4n) is 3.78. The molecule has 176 valence electrons. The first kappa shape index (κ1) is 23.0. The highest BCUT2D eigenvalue weighted by molar-refractivity contribution is 6.09. The Labute approximate surface area is 191 Å². The van der Waals surface area contributed by atoms with Crippen LogP contribution in [0.4, 0.5) is 30.2 Å². The lowest BCUT2D eigenvalue weighted by molar-refractivity contribution is -0.384. The molecule has 2 N–H and O–H groups in total. The zero-order valence-electron chi connectivity index (χ0n) is 17.9. The number of nitrogens with zero attached hydrogens (tertiary/aromatic N) is 2. The van der Waals surface area contributed by atoms with Crippen LogP contribution < -0.4 is 10.7 Å². The van der Waals surface area contributed by atoms with Crippen molar-refractivity contribution < 1.29 is 27.3 Å². The van der Waals surface area contributed by atoms with Crippen LogP contribution in [0.3, 0.4) is 0 Å². The molecule has 0 saturated heterocycles. The molecular weight excluding hydrogens is 453 g/mol. The fraction of sp³-hybridized carbons (Fsp3) is 0.217. The predicted octanol–water partition coefficient (Wildman–Crippen LogP) is 5.92. The number of hydrazone groups is 1. The predicted molar refractivity (Wildman–Crippen MR) is 119 cm³/mol. The van der Waals surface area contributed by atoms with Crippen molar-refractivity contribution in [2.45, 2.75) is 32.4 Å². The number of aryl methyl sites for hydroxylation is 1. The van der Waals surface area contributed by atoms with Crippen molar-refractivity contribution in [3.8, 4) is 0 Å². The van der Waals surface area contributed by atoms with Crippen LogP contribution in [0, 0.1) is 17.0 Å². The van der Waals surface area contributed by atoms with E-state index in [4.69, 9.17) is 4.42 Å². The van der Waals surface area contributed by atoms with Gasteiger partial charge in [0, 0.05) is 35.4 Å². The Morgan fingerprint density at radius 1 is 1.12 bits per heavy atom. The van der Waals surface area contributed by atoms with Crippen LogP contribution in [0.1, 0.15) is 45.8 Å².